The minimum absolute atomic E-state index is 0.0319. The van der Waals surface area contributed by atoms with Gasteiger partial charge < -0.3 is 9.64 Å². The van der Waals surface area contributed by atoms with E-state index in [-0.39, 0.29) is 5.41 Å². The number of H-pyrrole nitrogens is 1. The molecular formula is C15H21IN4O. The van der Waals surface area contributed by atoms with Gasteiger partial charge in [0.15, 0.2) is 5.65 Å². The van der Waals surface area contributed by atoms with Crippen LogP contribution in [-0.4, -0.2) is 41.0 Å². The van der Waals surface area contributed by atoms with Crippen molar-refractivity contribution < 1.29 is 4.74 Å². The number of hydrogen-bond donors (Lipinski definition) is 1. The summed E-state index contributed by atoms with van der Waals surface area (Å²) < 4.78 is 6.71. The lowest BCUT2D eigenvalue weighted by Gasteiger charge is -2.34. The highest BCUT2D eigenvalue weighted by molar-refractivity contribution is 14.1. The molecule has 2 aromatic heterocycles. The molecule has 3 heterocycles. The predicted molar refractivity (Wildman–Crippen MR) is 92.9 cm³/mol. The summed E-state index contributed by atoms with van der Waals surface area (Å²) in [4.78, 5) is 7.07. The van der Waals surface area contributed by atoms with Crippen molar-refractivity contribution in [2.75, 3.05) is 24.7 Å². The van der Waals surface area contributed by atoms with E-state index in [4.69, 9.17) is 9.72 Å². The zero-order valence-electron chi connectivity index (χ0n) is 12.9. The number of nitrogens with zero attached hydrogens (tertiary/aromatic N) is 3. The van der Waals surface area contributed by atoms with Gasteiger partial charge in [-0.05, 0) is 35.6 Å². The number of aromatic amines is 1. The molecule has 0 aromatic carbocycles. The normalized spacial score (nSPS) is 20.2. The van der Waals surface area contributed by atoms with Crippen molar-refractivity contribution in [2.24, 2.45) is 0 Å². The van der Waals surface area contributed by atoms with Crippen molar-refractivity contribution >= 4 is 39.4 Å². The molecule has 0 aliphatic carbocycles. The Kier molecular flexibility index (Phi) is 3.85. The average Bonchev–Trinajstić information content (AvgIpc) is 2.83. The Morgan fingerprint density at radius 2 is 2.19 bits per heavy atom. The highest BCUT2D eigenvalue weighted by Gasteiger charge is 2.25. The zero-order chi connectivity index (χ0) is 15.2. The van der Waals surface area contributed by atoms with E-state index in [2.05, 4.69) is 71.4 Å². The number of morpholine rings is 1. The van der Waals surface area contributed by atoms with Crippen molar-refractivity contribution in [2.45, 2.75) is 39.2 Å². The molecule has 0 amide bonds. The van der Waals surface area contributed by atoms with Gasteiger partial charge in [-0.25, -0.2) is 4.98 Å². The van der Waals surface area contributed by atoms with E-state index in [1.54, 1.807) is 0 Å². The summed E-state index contributed by atoms with van der Waals surface area (Å²) in [5.41, 5.74) is 1.99. The van der Waals surface area contributed by atoms with Crippen LogP contribution in [0.4, 0.5) is 5.82 Å². The fourth-order valence-corrected chi connectivity index (χ4v) is 3.51. The number of pyridine rings is 1. The van der Waals surface area contributed by atoms with Gasteiger partial charge in [-0.15, -0.1) is 0 Å². The van der Waals surface area contributed by atoms with Crippen LogP contribution in [0, 0.1) is 3.57 Å². The highest BCUT2D eigenvalue weighted by atomic mass is 127. The predicted octanol–water partition coefficient (Wildman–Crippen LogP) is 3.09. The van der Waals surface area contributed by atoms with Crippen LogP contribution < -0.4 is 4.90 Å². The average molecular weight is 400 g/mol. The third-order valence-corrected chi connectivity index (χ3v) is 4.73. The fourth-order valence-electron chi connectivity index (χ4n) is 2.72. The molecule has 1 saturated heterocycles. The summed E-state index contributed by atoms with van der Waals surface area (Å²) in [5.74, 6) is 0.995. The van der Waals surface area contributed by atoms with Gasteiger partial charge in [0.2, 0.25) is 0 Å². The first-order valence-electron chi connectivity index (χ1n) is 7.27. The lowest BCUT2D eigenvalue weighted by atomic mass is 9.90. The van der Waals surface area contributed by atoms with Crippen LogP contribution in [0.15, 0.2) is 6.07 Å². The van der Waals surface area contributed by atoms with E-state index in [0.29, 0.717) is 6.04 Å². The molecule has 2 aromatic rings. The molecule has 0 spiro atoms. The molecule has 114 valence electrons. The van der Waals surface area contributed by atoms with E-state index < -0.39 is 0 Å². The van der Waals surface area contributed by atoms with Gasteiger partial charge >= 0.3 is 0 Å². The molecule has 1 aliphatic rings. The monoisotopic (exact) mass is 400 g/mol. The zero-order valence-corrected chi connectivity index (χ0v) is 15.1. The van der Waals surface area contributed by atoms with Crippen LogP contribution in [0.1, 0.15) is 33.4 Å². The topological polar surface area (TPSA) is 54.0 Å². The Morgan fingerprint density at radius 1 is 1.43 bits per heavy atom. The van der Waals surface area contributed by atoms with Gasteiger partial charge in [-0.3, -0.25) is 5.10 Å². The van der Waals surface area contributed by atoms with Crippen LogP contribution in [0.3, 0.4) is 0 Å². The second-order valence-electron chi connectivity index (χ2n) is 6.63. The Morgan fingerprint density at radius 3 is 2.86 bits per heavy atom. The summed E-state index contributed by atoms with van der Waals surface area (Å²) in [5, 5.41) is 8.75. The van der Waals surface area contributed by atoms with Crippen molar-refractivity contribution in [3.8, 4) is 0 Å². The number of rotatable bonds is 1. The molecule has 3 rings (SSSR count). The maximum Gasteiger partial charge on any atom is 0.184 e. The van der Waals surface area contributed by atoms with E-state index >= 15 is 0 Å². The molecule has 1 fully saturated rings. The molecule has 1 N–H and O–H groups in total. The van der Waals surface area contributed by atoms with Crippen LogP contribution in [-0.2, 0) is 10.2 Å². The van der Waals surface area contributed by atoms with Crippen LogP contribution >= 0.6 is 22.6 Å². The van der Waals surface area contributed by atoms with Crippen molar-refractivity contribution in [3.05, 3.63) is 15.3 Å². The molecule has 21 heavy (non-hydrogen) atoms. The second-order valence-corrected chi connectivity index (χ2v) is 7.79. The first-order valence-corrected chi connectivity index (χ1v) is 8.35. The van der Waals surface area contributed by atoms with Gasteiger partial charge in [-0.2, -0.15) is 5.10 Å². The molecule has 0 unspecified atom stereocenters. The molecule has 5 nitrogen and oxygen atoms in total. The van der Waals surface area contributed by atoms with Gasteiger partial charge in [0.25, 0.3) is 0 Å². The molecular weight excluding hydrogens is 379 g/mol. The van der Waals surface area contributed by atoms with E-state index in [0.717, 1.165) is 42.3 Å². The number of ether oxygens (including phenoxy) is 1. The molecule has 1 aliphatic heterocycles. The molecule has 0 radical (unpaired) electrons. The fraction of sp³-hybridized carbons (Fsp3) is 0.600. The molecule has 0 bridgehead atoms. The largest absolute Gasteiger partial charge is 0.377 e. The SMILES string of the molecule is C[C@@H]1COCCN1c1cc(I)c2c(C(C)(C)C)[nH]nc2n1. The molecule has 6 heteroatoms. The Balaban J connectivity index is 2.08. The summed E-state index contributed by atoms with van der Waals surface area (Å²) >= 11 is 2.39. The minimum atomic E-state index is 0.0319. The summed E-state index contributed by atoms with van der Waals surface area (Å²) in [6, 6.07) is 2.51. The quantitative estimate of drug-likeness (QED) is 0.748. The summed E-state index contributed by atoms with van der Waals surface area (Å²) in [6.45, 7) is 11.1. The van der Waals surface area contributed by atoms with Gasteiger partial charge in [0, 0.05) is 15.5 Å². The van der Waals surface area contributed by atoms with Crippen LogP contribution in [0.2, 0.25) is 0 Å². The standard InChI is InChI=1S/C15H21IN4O/c1-9-8-21-6-5-20(9)11-7-10(16)12-13(15(2,3)4)18-19-14(12)17-11/h7,9H,5-6,8H2,1-4H3,(H,17,18,19)/t9-/m1/s1. The molecule has 0 saturated carbocycles. The van der Waals surface area contributed by atoms with Crippen LogP contribution in [0.5, 0.6) is 0 Å². The smallest absolute Gasteiger partial charge is 0.184 e. The van der Waals surface area contributed by atoms with Crippen LogP contribution in [0.25, 0.3) is 11.0 Å². The lowest BCUT2D eigenvalue weighted by molar-refractivity contribution is 0.0985. The van der Waals surface area contributed by atoms with E-state index in [1.807, 2.05) is 0 Å². The number of nitrogens with one attached hydrogen (secondary N) is 1. The number of anilines is 1. The third kappa shape index (κ3) is 2.75. The molecule has 1 atom stereocenters. The number of halogens is 1. The van der Waals surface area contributed by atoms with E-state index in [9.17, 15) is 0 Å². The third-order valence-electron chi connectivity index (χ3n) is 3.87. The minimum Gasteiger partial charge on any atom is -0.377 e. The maximum atomic E-state index is 5.51. The second kappa shape index (κ2) is 5.39. The van der Waals surface area contributed by atoms with Gasteiger partial charge in [0.1, 0.15) is 5.82 Å². The van der Waals surface area contributed by atoms with Gasteiger partial charge in [0.05, 0.1) is 30.3 Å². The highest BCUT2D eigenvalue weighted by Crippen LogP contribution is 2.32. The number of aromatic nitrogens is 3. The summed E-state index contributed by atoms with van der Waals surface area (Å²) in [6.07, 6.45) is 0. The first kappa shape index (κ1) is 15.0. The van der Waals surface area contributed by atoms with Crippen molar-refractivity contribution in [1.29, 1.82) is 0 Å². The Hall–Kier alpha value is -0.890. The number of hydrogen-bond acceptors (Lipinski definition) is 4. The van der Waals surface area contributed by atoms with E-state index in [1.165, 1.54) is 3.57 Å². The van der Waals surface area contributed by atoms with Crippen molar-refractivity contribution in [1.82, 2.24) is 15.2 Å². The summed E-state index contributed by atoms with van der Waals surface area (Å²) in [7, 11) is 0. The van der Waals surface area contributed by atoms with Gasteiger partial charge in [-0.1, -0.05) is 20.8 Å². The first-order chi connectivity index (χ1) is 9.88. The Bertz CT molecular complexity index is 661. The maximum absolute atomic E-state index is 5.51. The lowest BCUT2D eigenvalue weighted by Crippen LogP contribution is -2.44. The number of fused-ring (bicyclic) bond motifs is 1. The Labute approximate surface area is 138 Å². The van der Waals surface area contributed by atoms with Crippen molar-refractivity contribution in [3.63, 3.8) is 0 Å².